The predicted octanol–water partition coefficient (Wildman–Crippen LogP) is 1.70. The Morgan fingerprint density at radius 3 is 2.72 bits per heavy atom. The number of nitrogens with zero attached hydrogens (tertiary/aromatic N) is 3. The summed E-state index contributed by atoms with van der Waals surface area (Å²) in [5.41, 5.74) is 0. The van der Waals surface area contributed by atoms with Crippen LogP contribution in [0.25, 0.3) is 0 Å². The van der Waals surface area contributed by atoms with Crippen molar-refractivity contribution < 1.29 is 15.0 Å². The van der Waals surface area contributed by atoms with E-state index in [0.717, 1.165) is 25.7 Å². The molecule has 1 rings (SSSR count). The molecular formula is C12H23N3O3. The summed E-state index contributed by atoms with van der Waals surface area (Å²) < 4.78 is 0. The largest absolute Gasteiger partial charge is 0.480 e. The Hall–Kier alpha value is -1.17. The van der Waals surface area contributed by atoms with Crippen LogP contribution in [-0.2, 0) is 4.79 Å². The van der Waals surface area contributed by atoms with Crippen molar-refractivity contribution >= 4 is 5.97 Å². The minimum absolute atomic E-state index is 0.261. The molecule has 0 bridgehead atoms. The second kappa shape index (κ2) is 7.31. The van der Waals surface area contributed by atoms with E-state index in [9.17, 15) is 9.90 Å². The van der Waals surface area contributed by atoms with E-state index < -0.39 is 18.1 Å². The first-order valence-corrected chi connectivity index (χ1v) is 6.63. The fraction of sp³-hybridized carbons (Fsp3) is 0.917. The number of hydrogen-bond acceptors (Lipinski definition) is 5. The van der Waals surface area contributed by atoms with Crippen molar-refractivity contribution in [2.75, 3.05) is 13.1 Å². The molecule has 1 heterocycles. The number of carbonyl (C=O) groups is 1. The van der Waals surface area contributed by atoms with Crippen molar-refractivity contribution in [2.45, 2.75) is 51.7 Å². The van der Waals surface area contributed by atoms with Crippen LogP contribution in [0.1, 0.15) is 39.5 Å². The lowest BCUT2D eigenvalue weighted by Gasteiger charge is -2.21. The average molecular weight is 257 g/mol. The summed E-state index contributed by atoms with van der Waals surface area (Å²) in [7, 11) is 0. The molecule has 1 aliphatic rings. The summed E-state index contributed by atoms with van der Waals surface area (Å²) in [5.74, 6) is -0.437. The van der Waals surface area contributed by atoms with Crippen molar-refractivity contribution in [3.63, 3.8) is 0 Å². The van der Waals surface area contributed by atoms with Crippen LogP contribution in [0.15, 0.2) is 10.3 Å². The van der Waals surface area contributed by atoms with Crippen LogP contribution in [0.4, 0.5) is 0 Å². The van der Waals surface area contributed by atoms with Gasteiger partial charge in [-0.15, -0.1) is 0 Å². The number of aliphatic carboxylic acids is 1. The van der Waals surface area contributed by atoms with E-state index in [0.29, 0.717) is 12.5 Å². The minimum Gasteiger partial charge on any atom is -0.480 e. The first kappa shape index (κ1) is 14.9. The molecule has 104 valence electrons. The van der Waals surface area contributed by atoms with Gasteiger partial charge in [-0.05, 0) is 12.3 Å². The maximum atomic E-state index is 10.7. The molecule has 0 saturated carbocycles. The summed E-state index contributed by atoms with van der Waals surface area (Å²) in [6, 6.07) is -0.783. The van der Waals surface area contributed by atoms with E-state index in [4.69, 9.17) is 5.11 Å². The van der Waals surface area contributed by atoms with Crippen LogP contribution >= 0.6 is 0 Å². The lowest BCUT2D eigenvalue weighted by Crippen LogP contribution is -2.33. The monoisotopic (exact) mass is 257 g/mol. The number of carboxylic acids is 1. The molecule has 0 amide bonds. The highest BCUT2D eigenvalue weighted by molar-refractivity contribution is 5.74. The van der Waals surface area contributed by atoms with Gasteiger partial charge >= 0.3 is 5.97 Å². The van der Waals surface area contributed by atoms with Gasteiger partial charge in [0.05, 0.1) is 19.2 Å². The van der Waals surface area contributed by atoms with Gasteiger partial charge in [0.1, 0.15) is 0 Å². The Kier molecular flexibility index (Phi) is 6.04. The summed E-state index contributed by atoms with van der Waals surface area (Å²) in [6.45, 7) is 4.90. The van der Waals surface area contributed by atoms with Gasteiger partial charge in [-0.25, -0.2) is 4.79 Å². The Bertz CT molecular complexity index is 296. The third-order valence-corrected chi connectivity index (χ3v) is 3.29. The molecule has 0 saturated heterocycles. The van der Waals surface area contributed by atoms with Gasteiger partial charge in [-0.2, -0.15) is 5.11 Å². The van der Waals surface area contributed by atoms with Crippen molar-refractivity contribution in [1.82, 2.24) is 5.01 Å². The fourth-order valence-electron chi connectivity index (χ4n) is 2.25. The van der Waals surface area contributed by atoms with Gasteiger partial charge in [0, 0.05) is 0 Å². The molecule has 3 atom stereocenters. The summed E-state index contributed by atoms with van der Waals surface area (Å²) in [5, 5.41) is 27.7. The fourth-order valence-corrected chi connectivity index (χ4v) is 2.25. The predicted molar refractivity (Wildman–Crippen MR) is 67.2 cm³/mol. The van der Waals surface area contributed by atoms with Crippen LogP contribution in [0, 0.1) is 5.92 Å². The first-order valence-electron chi connectivity index (χ1n) is 6.63. The Balaban J connectivity index is 2.31. The highest BCUT2D eigenvalue weighted by atomic mass is 16.4. The summed E-state index contributed by atoms with van der Waals surface area (Å²) in [4.78, 5) is 10.7. The van der Waals surface area contributed by atoms with Gasteiger partial charge in [0.2, 0.25) is 0 Å². The Labute approximate surface area is 108 Å². The van der Waals surface area contributed by atoms with Crippen molar-refractivity contribution in [2.24, 2.45) is 16.3 Å². The highest BCUT2D eigenvalue weighted by Gasteiger charge is 2.27. The standard InChI is InChI=1S/C12H23N3O3/c1-3-5-9(4-2)6-10(16)7-15-8-11(12(17)18)13-14-15/h9-11,16H,3-8H2,1-2H3,(H,17,18). The SMILES string of the molecule is CCCC(CC)CC(O)CN1CC(C(=O)O)N=N1. The number of carboxylic acid groups (broad SMARTS) is 1. The molecular weight excluding hydrogens is 234 g/mol. The van der Waals surface area contributed by atoms with Gasteiger partial charge in [0.15, 0.2) is 6.04 Å². The molecule has 0 aromatic carbocycles. The minimum atomic E-state index is -0.965. The van der Waals surface area contributed by atoms with Crippen LogP contribution in [0.5, 0.6) is 0 Å². The van der Waals surface area contributed by atoms with E-state index in [1.807, 2.05) is 0 Å². The third kappa shape index (κ3) is 4.60. The van der Waals surface area contributed by atoms with E-state index in [-0.39, 0.29) is 6.54 Å². The molecule has 2 N–H and O–H groups in total. The second-order valence-electron chi connectivity index (χ2n) is 4.88. The zero-order valence-electron chi connectivity index (χ0n) is 11.1. The quantitative estimate of drug-likeness (QED) is 0.693. The molecule has 3 unspecified atom stereocenters. The van der Waals surface area contributed by atoms with Crippen molar-refractivity contribution in [3.05, 3.63) is 0 Å². The maximum absolute atomic E-state index is 10.7. The summed E-state index contributed by atoms with van der Waals surface area (Å²) >= 11 is 0. The topological polar surface area (TPSA) is 85.5 Å². The zero-order valence-corrected chi connectivity index (χ0v) is 11.1. The van der Waals surface area contributed by atoms with Crippen molar-refractivity contribution in [1.29, 1.82) is 0 Å². The molecule has 0 aliphatic carbocycles. The second-order valence-corrected chi connectivity index (χ2v) is 4.88. The molecule has 18 heavy (non-hydrogen) atoms. The Morgan fingerprint density at radius 1 is 1.50 bits per heavy atom. The van der Waals surface area contributed by atoms with E-state index in [1.54, 1.807) is 5.01 Å². The first-order chi connectivity index (χ1) is 8.56. The third-order valence-electron chi connectivity index (χ3n) is 3.29. The highest BCUT2D eigenvalue weighted by Crippen LogP contribution is 2.19. The maximum Gasteiger partial charge on any atom is 0.332 e. The van der Waals surface area contributed by atoms with E-state index >= 15 is 0 Å². The normalized spacial score (nSPS) is 22.2. The van der Waals surface area contributed by atoms with Gasteiger partial charge in [-0.1, -0.05) is 38.3 Å². The van der Waals surface area contributed by atoms with E-state index in [2.05, 4.69) is 24.2 Å². The lowest BCUT2D eigenvalue weighted by molar-refractivity contribution is -0.138. The Morgan fingerprint density at radius 2 is 2.22 bits per heavy atom. The van der Waals surface area contributed by atoms with Gasteiger partial charge in [0.25, 0.3) is 0 Å². The number of rotatable bonds is 8. The molecule has 6 heteroatoms. The van der Waals surface area contributed by atoms with Gasteiger partial charge in [-0.3, -0.25) is 5.01 Å². The molecule has 0 spiro atoms. The number of aliphatic hydroxyl groups excluding tert-OH is 1. The average Bonchev–Trinajstić information content (AvgIpc) is 2.77. The number of aliphatic hydroxyl groups is 1. The molecule has 0 aromatic heterocycles. The van der Waals surface area contributed by atoms with Crippen LogP contribution < -0.4 is 0 Å². The lowest BCUT2D eigenvalue weighted by atomic mass is 9.94. The summed E-state index contributed by atoms with van der Waals surface area (Å²) in [6.07, 6.45) is 3.58. The van der Waals surface area contributed by atoms with E-state index in [1.165, 1.54) is 0 Å². The molecule has 0 aromatic rings. The number of β-amino-alcohol motifs (C(OH)–C–C–N with tert-alkyl or cyclic N) is 1. The molecule has 1 aliphatic heterocycles. The van der Waals surface area contributed by atoms with Crippen LogP contribution in [-0.4, -0.2) is 46.4 Å². The van der Waals surface area contributed by atoms with Crippen molar-refractivity contribution in [3.8, 4) is 0 Å². The number of hydrogen-bond donors (Lipinski definition) is 2. The van der Waals surface area contributed by atoms with Gasteiger partial charge < -0.3 is 10.2 Å². The molecule has 6 nitrogen and oxygen atoms in total. The molecule has 0 radical (unpaired) electrons. The zero-order chi connectivity index (χ0) is 13.5. The van der Waals surface area contributed by atoms with Crippen LogP contribution in [0.2, 0.25) is 0 Å². The smallest absolute Gasteiger partial charge is 0.332 e. The molecule has 0 fully saturated rings. The van der Waals surface area contributed by atoms with Crippen LogP contribution in [0.3, 0.4) is 0 Å².